The maximum Gasteiger partial charge on any atom is 0.249 e. The van der Waals surface area contributed by atoms with Gasteiger partial charge in [0.2, 0.25) is 5.91 Å². The van der Waals surface area contributed by atoms with Gasteiger partial charge in [0.25, 0.3) is 0 Å². The molecule has 51 heavy (non-hydrogen) atoms. The summed E-state index contributed by atoms with van der Waals surface area (Å²) in [6.07, 6.45) is 48.2. The van der Waals surface area contributed by atoms with Crippen molar-refractivity contribution >= 4 is 5.91 Å². The van der Waals surface area contributed by atoms with Crippen LogP contribution in [0.1, 0.15) is 264 Å². The third-order valence-electron chi connectivity index (χ3n) is 11.2. The normalized spacial score (nSPS) is 13.4. The van der Waals surface area contributed by atoms with Gasteiger partial charge in [-0.2, -0.15) is 0 Å². The molecule has 0 spiro atoms. The highest BCUT2D eigenvalue weighted by atomic mass is 16.3. The smallest absolute Gasteiger partial charge is 0.249 e. The Morgan fingerprint density at radius 2 is 0.627 bits per heavy atom. The largest absolute Gasteiger partial charge is 0.394 e. The summed E-state index contributed by atoms with van der Waals surface area (Å²) in [7, 11) is 0. The molecular formula is C46H93NO4. The number of aliphatic hydroxyl groups excluding tert-OH is 3. The van der Waals surface area contributed by atoms with Crippen molar-refractivity contribution in [2.24, 2.45) is 0 Å². The fourth-order valence-electron chi connectivity index (χ4n) is 7.55. The Morgan fingerprint density at radius 3 is 0.882 bits per heavy atom. The van der Waals surface area contributed by atoms with Crippen molar-refractivity contribution in [3.8, 4) is 0 Å². The Kier molecular flexibility index (Phi) is 41.6. The van der Waals surface area contributed by atoms with E-state index in [1.54, 1.807) is 0 Å². The minimum absolute atomic E-state index is 0.308. The Balaban J connectivity index is 3.54. The van der Waals surface area contributed by atoms with Gasteiger partial charge in [-0.15, -0.1) is 0 Å². The van der Waals surface area contributed by atoms with E-state index in [-0.39, 0.29) is 6.61 Å². The van der Waals surface area contributed by atoms with Crippen molar-refractivity contribution in [1.29, 1.82) is 0 Å². The molecule has 4 N–H and O–H groups in total. The van der Waals surface area contributed by atoms with E-state index in [0.717, 1.165) is 32.1 Å². The Labute approximate surface area is 319 Å². The average molecular weight is 724 g/mol. The van der Waals surface area contributed by atoms with Gasteiger partial charge in [-0.1, -0.05) is 251 Å². The summed E-state index contributed by atoms with van der Waals surface area (Å²) in [5.41, 5.74) is 0. The molecule has 0 aliphatic rings. The van der Waals surface area contributed by atoms with Crippen LogP contribution in [0.5, 0.6) is 0 Å². The minimum atomic E-state index is -1.07. The quantitative estimate of drug-likeness (QED) is 0.0472. The van der Waals surface area contributed by atoms with Crippen molar-refractivity contribution < 1.29 is 20.1 Å². The third-order valence-corrected chi connectivity index (χ3v) is 11.2. The Bertz CT molecular complexity index is 674. The first-order valence-corrected chi connectivity index (χ1v) is 23.3. The Hall–Kier alpha value is -0.650. The van der Waals surface area contributed by atoms with Crippen LogP contribution in [0.3, 0.4) is 0 Å². The lowest BCUT2D eigenvalue weighted by Gasteiger charge is -2.23. The molecule has 5 nitrogen and oxygen atoms in total. The van der Waals surface area contributed by atoms with Gasteiger partial charge < -0.3 is 20.6 Å². The van der Waals surface area contributed by atoms with Crippen LogP contribution in [0, 0.1) is 0 Å². The predicted octanol–water partition coefficient (Wildman–Crippen LogP) is 13.4. The molecule has 0 aromatic carbocycles. The first-order valence-electron chi connectivity index (χ1n) is 23.3. The number of hydrogen-bond acceptors (Lipinski definition) is 4. The van der Waals surface area contributed by atoms with E-state index < -0.39 is 24.2 Å². The van der Waals surface area contributed by atoms with Gasteiger partial charge in [-0.05, 0) is 12.8 Å². The van der Waals surface area contributed by atoms with E-state index in [1.165, 1.54) is 205 Å². The van der Waals surface area contributed by atoms with Crippen LogP contribution in [0.15, 0.2) is 0 Å². The molecule has 0 aliphatic carbocycles. The molecule has 3 unspecified atom stereocenters. The third kappa shape index (κ3) is 37.5. The van der Waals surface area contributed by atoms with Crippen molar-refractivity contribution in [2.45, 2.75) is 283 Å². The lowest BCUT2D eigenvalue weighted by atomic mass is 10.0. The fraction of sp³-hybridized carbons (Fsp3) is 0.978. The molecule has 0 aromatic rings. The highest BCUT2D eigenvalue weighted by Crippen LogP contribution is 2.17. The molecule has 0 heterocycles. The summed E-state index contributed by atoms with van der Waals surface area (Å²) in [5, 5.41) is 33.4. The molecule has 0 saturated heterocycles. The number of unbranched alkanes of at least 4 members (excludes halogenated alkanes) is 35. The summed E-state index contributed by atoms with van der Waals surface area (Å²) < 4.78 is 0. The number of aliphatic hydroxyl groups is 3. The fourth-order valence-corrected chi connectivity index (χ4v) is 7.55. The first-order chi connectivity index (χ1) is 25.1. The van der Waals surface area contributed by atoms with E-state index in [4.69, 9.17) is 0 Å². The lowest BCUT2D eigenvalue weighted by Crippen LogP contribution is -2.49. The minimum Gasteiger partial charge on any atom is -0.394 e. The van der Waals surface area contributed by atoms with Crippen LogP contribution in [0.4, 0.5) is 0 Å². The maximum absolute atomic E-state index is 12.5. The van der Waals surface area contributed by atoms with Crippen molar-refractivity contribution in [1.82, 2.24) is 5.32 Å². The molecule has 0 aliphatic heterocycles. The number of amides is 1. The van der Waals surface area contributed by atoms with Gasteiger partial charge in [-0.25, -0.2) is 0 Å². The van der Waals surface area contributed by atoms with Gasteiger partial charge in [0, 0.05) is 0 Å². The van der Waals surface area contributed by atoms with Gasteiger partial charge in [0.05, 0.1) is 18.8 Å². The standard InChI is InChI=1S/C46H93NO4/c1-3-5-7-9-11-13-15-17-19-20-21-22-23-24-25-27-29-31-33-35-37-39-41-45(50)46(51)47-43(42-48)44(49)40-38-36-34-32-30-28-26-18-16-14-12-10-8-6-4-2/h43-45,48-50H,3-42H2,1-2H3,(H,47,51). The molecule has 0 fully saturated rings. The van der Waals surface area contributed by atoms with Crippen molar-refractivity contribution in [2.75, 3.05) is 6.61 Å². The predicted molar refractivity (Wildman–Crippen MR) is 222 cm³/mol. The monoisotopic (exact) mass is 724 g/mol. The summed E-state index contributed by atoms with van der Waals surface area (Å²) in [5.74, 6) is -0.465. The zero-order chi connectivity index (χ0) is 37.3. The molecule has 5 heteroatoms. The molecule has 0 aromatic heterocycles. The molecule has 0 bridgehead atoms. The molecule has 0 rings (SSSR count). The zero-order valence-electron chi connectivity index (χ0n) is 34.8. The van der Waals surface area contributed by atoms with E-state index in [0.29, 0.717) is 12.8 Å². The summed E-state index contributed by atoms with van der Waals surface area (Å²) in [6, 6.07) is -0.705. The van der Waals surface area contributed by atoms with Crippen LogP contribution in [-0.4, -0.2) is 46.1 Å². The summed E-state index contributed by atoms with van der Waals surface area (Å²) in [4.78, 5) is 12.5. The van der Waals surface area contributed by atoms with Crippen molar-refractivity contribution in [3.05, 3.63) is 0 Å². The highest BCUT2D eigenvalue weighted by molar-refractivity contribution is 5.80. The van der Waals surface area contributed by atoms with Gasteiger partial charge >= 0.3 is 0 Å². The summed E-state index contributed by atoms with van der Waals surface area (Å²) in [6.45, 7) is 4.25. The number of carbonyl (C=O) groups excluding carboxylic acids is 1. The summed E-state index contributed by atoms with van der Waals surface area (Å²) >= 11 is 0. The van der Waals surface area contributed by atoms with Gasteiger partial charge in [-0.3, -0.25) is 4.79 Å². The molecular weight excluding hydrogens is 631 g/mol. The van der Waals surface area contributed by atoms with E-state index in [2.05, 4.69) is 19.2 Å². The van der Waals surface area contributed by atoms with E-state index in [1.807, 2.05) is 0 Å². The zero-order valence-corrected chi connectivity index (χ0v) is 34.8. The SMILES string of the molecule is CCCCCCCCCCCCCCCCCCCCCCCCC(O)C(=O)NC(CO)C(O)CCCCCCCCCCCCCCCCC. The van der Waals surface area contributed by atoms with Crippen LogP contribution >= 0.6 is 0 Å². The number of carbonyl (C=O) groups is 1. The molecule has 3 atom stereocenters. The number of nitrogens with one attached hydrogen (secondary N) is 1. The number of rotatable bonds is 43. The highest BCUT2D eigenvalue weighted by Gasteiger charge is 2.23. The lowest BCUT2D eigenvalue weighted by molar-refractivity contribution is -0.131. The van der Waals surface area contributed by atoms with E-state index >= 15 is 0 Å². The first kappa shape index (κ1) is 50.4. The van der Waals surface area contributed by atoms with Crippen molar-refractivity contribution in [3.63, 3.8) is 0 Å². The second-order valence-corrected chi connectivity index (χ2v) is 16.3. The van der Waals surface area contributed by atoms with Gasteiger partial charge in [0.1, 0.15) is 6.10 Å². The van der Waals surface area contributed by atoms with E-state index in [9.17, 15) is 20.1 Å². The molecule has 0 saturated carbocycles. The van der Waals surface area contributed by atoms with Crippen LogP contribution in [0.2, 0.25) is 0 Å². The van der Waals surface area contributed by atoms with Crippen LogP contribution < -0.4 is 5.32 Å². The Morgan fingerprint density at radius 1 is 0.392 bits per heavy atom. The average Bonchev–Trinajstić information content (AvgIpc) is 3.13. The second kappa shape index (κ2) is 42.1. The van der Waals surface area contributed by atoms with Crippen LogP contribution in [-0.2, 0) is 4.79 Å². The number of hydrogen-bond donors (Lipinski definition) is 4. The maximum atomic E-state index is 12.5. The topological polar surface area (TPSA) is 89.8 Å². The van der Waals surface area contributed by atoms with Gasteiger partial charge in [0.15, 0.2) is 0 Å². The molecule has 1 amide bonds. The van der Waals surface area contributed by atoms with Crippen LogP contribution in [0.25, 0.3) is 0 Å². The molecule has 0 radical (unpaired) electrons. The molecule has 306 valence electrons. The second-order valence-electron chi connectivity index (χ2n) is 16.3.